The molecule has 82 heavy (non-hydrogen) atoms. The Bertz CT molecular complexity index is 1790. The first-order chi connectivity index (χ1) is 38.9. The van der Waals surface area contributed by atoms with E-state index in [-0.39, 0.29) is 136 Å². The Hall–Kier alpha value is -5.63. The average molecular weight is 1180 g/mol. The number of hydrogen-bond acceptors (Lipinski definition) is 16. The van der Waals surface area contributed by atoms with E-state index in [1.165, 1.54) is 32.1 Å². The van der Waals surface area contributed by atoms with Crippen molar-refractivity contribution in [1.82, 2.24) is 26.6 Å². The molecule has 0 heterocycles. The molecule has 0 aliphatic rings. The molecule has 0 unspecified atom stereocenters. The van der Waals surface area contributed by atoms with Crippen molar-refractivity contribution >= 4 is 65.0 Å². The lowest BCUT2D eigenvalue weighted by Crippen LogP contribution is -2.42. The first kappa shape index (κ1) is 80.6. The van der Waals surface area contributed by atoms with Crippen molar-refractivity contribution in [3.8, 4) is 0 Å². The topological polar surface area (TPSA) is 386 Å². The maximum Gasteiger partial charge on any atom is 0.326 e. The highest BCUT2D eigenvalue weighted by Gasteiger charge is 2.26. The molecule has 4 atom stereocenters. The number of carboxylic acid groups (broad SMARTS) is 4. The number of carbonyl (C=O) groups excluding carboxylic acids is 7. The maximum atomic E-state index is 12.5. The van der Waals surface area contributed by atoms with Gasteiger partial charge >= 0.3 is 23.9 Å². The Morgan fingerprint density at radius 3 is 1.26 bits per heavy atom. The van der Waals surface area contributed by atoms with Crippen molar-refractivity contribution in [2.75, 3.05) is 79.1 Å². The summed E-state index contributed by atoms with van der Waals surface area (Å²) in [7, 11) is 0. The van der Waals surface area contributed by atoms with Gasteiger partial charge < -0.3 is 71.1 Å². The van der Waals surface area contributed by atoms with Crippen LogP contribution in [0.1, 0.15) is 195 Å². The van der Waals surface area contributed by atoms with Crippen molar-refractivity contribution in [2.45, 2.75) is 207 Å². The quantitative estimate of drug-likeness (QED) is 0.0362. The van der Waals surface area contributed by atoms with Gasteiger partial charge in [-0.25, -0.2) is 9.59 Å². The largest absolute Gasteiger partial charge is 0.481 e. The lowest BCUT2D eigenvalue weighted by Gasteiger charge is -2.16. The normalized spacial score (nSPS) is 12.2. The first-order valence-electron chi connectivity index (χ1n) is 29.1. The van der Waals surface area contributed by atoms with Crippen molar-refractivity contribution in [2.24, 2.45) is 11.8 Å². The van der Waals surface area contributed by atoms with Crippen LogP contribution in [0.15, 0.2) is 0 Å². The van der Waals surface area contributed by atoms with E-state index in [0.29, 0.717) is 32.2 Å². The lowest BCUT2D eigenvalue weighted by atomic mass is 9.97. The molecule has 0 saturated carbocycles. The maximum absolute atomic E-state index is 12.5. The van der Waals surface area contributed by atoms with Crippen molar-refractivity contribution in [3.63, 3.8) is 0 Å². The first-order valence-corrected chi connectivity index (χ1v) is 29.1. The predicted molar refractivity (Wildman–Crippen MR) is 305 cm³/mol. The van der Waals surface area contributed by atoms with Crippen LogP contribution in [0.4, 0.5) is 0 Å². The van der Waals surface area contributed by atoms with Gasteiger partial charge in [0.1, 0.15) is 31.9 Å². The summed E-state index contributed by atoms with van der Waals surface area (Å²) in [5.41, 5.74) is 0. The summed E-state index contributed by atoms with van der Waals surface area (Å²) < 4.78 is 21.3. The molecule has 0 bridgehead atoms. The van der Waals surface area contributed by atoms with Gasteiger partial charge in [-0.2, -0.15) is 0 Å². The summed E-state index contributed by atoms with van der Waals surface area (Å²) in [6, 6.07) is -2.58. The lowest BCUT2D eigenvalue weighted by molar-refractivity contribution is -0.145. The average Bonchev–Trinajstić information content (AvgIpc) is 3.43. The number of rotatable bonds is 56. The Morgan fingerprint density at radius 1 is 0.402 bits per heavy atom. The molecule has 0 aromatic heterocycles. The van der Waals surface area contributed by atoms with Gasteiger partial charge in [0.25, 0.3) is 0 Å². The minimum Gasteiger partial charge on any atom is -0.481 e. The minimum atomic E-state index is -1.40. The monoisotopic (exact) mass is 1180 g/mol. The number of aliphatic carboxylic acids is 4. The van der Waals surface area contributed by atoms with E-state index >= 15 is 0 Å². The number of unbranched alkanes of at least 4 members (excludes halogenated alkanes) is 14. The van der Waals surface area contributed by atoms with Crippen LogP contribution < -0.4 is 26.6 Å². The molecule has 0 aromatic carbocycles. The Kier molecular flexibility index (Phi) is 54.9. The minimum absolute atomic E-state index is 0. The van der Waals surface area contributed by atoms with Gasteiger partial charge in [0, 0.05) is 64.1 Å². The van der Waals surface area contributed by atoms with Crippen LogP contribution in [0.3, 0.4) is 0 Å². The highest BCUT2D eigenvalue weighted by molar-refractivity contribution is 5.87. The molecule has 0 saturated heterocycles. The Morgan fingerprint density at radius 2 is 0.805 bits per heavy atom. The molecule has 5 amide bonds. The van der Waals surface area contributed by atoms with E-state index in [1.807, 2.05) is 13.8 Å². The smallest absolute Gasteiger partial charge is 0.326 e. The van der Waals surface area contributed by atoms with Crippen molar-refractivity contribution in [3.05, 3.63) is 0 Å². The fraction of sp³-hybridized carbons (Fsp3) is 0.807. The molecular weight excluding hydrogens is 1070 g/mol. The number of carboxylic acids is 4. The number of ether oxygens (including phenoxy) is 4. The number of amides is 5. The van der Waals surface area contributed by atoms with Crippen LogP contribution in [0.5, 0.6) is 0 Å². The second kappa shape index (κ2) is 55.9. The van der Waals surface area contributed by atoms with Gasteiger partial charge in [0.15, 0.2) is 11.6 Å². The van der Waals surface area contributed by atoms with Crippen LogP contribution >= 0.6 is 0 Å². The molecule has 0 aliphatic carbocycles. The molecule has 25 heteroatoms. The second-order valence-corrected chi connectivity index (χ2v) is 19.6. The molecule has 476 valence electrons. The van der Waals surface area contributed by atoms with E-state index < -0.39 is 90.9 Å². The van der Waals surface area contributed by atoms with Gasteiger partial charge in [-0.1, -0.05) is 112 Å². The highest BCUT2D eigenvalue weighted by atomic mass is 16.5. The SMILES string of the molecule is C.CC.C[C@@H](CCCCNC(=O)CC[C@H](NC(=O)CC[C@H](CC(=O)COCCOCCNC(=O)COCCOCCNC(=O)CC[C@H](NC(=O)CCCCCCCCCCCCCCCCC(=O)O)C(=O)O)C(=O)O)C(=O)O)C(=O)CO. The molecule has 25 nitrogen and oxygen atoms in total. The number of Topliss-reactive ketones (excluding diaryl/α,β-unsaturated/α-hetero) is 2. The molecule has 10 N–H and O–H groups in total. The van der Waals surface area contributed by atoms with Crippen LogP contribution in [0.25, 0.3) is 0 Å². The van der Waals surface area contributed by atoms with E-state index in [2.05, 4.69) is 26.6 Å². The van der Waals surface area contributed by atoms with E-state index in [9.17, 15) is 68.1 Å². The molecular formula is C57H103N5O20. The van der Waals surface area contributed by atoms with Crippen LogP contribution in [0.2, 0.25) is 0 Å². The van der Waals surface area contributed by atoms with Gasteiger partial charge in [-0.05, 0) is 44.9 Å². The number of nitrogens with one attached hydrogen (secondary N) is 5. The number of aliphatic hydroxyl groups is 1. The number of hydrogen-bond donors (Lipinski definition) is 10. The van der Waals surface area contributed by atoms with Crippen molar-refractivity contribution < 1.29 is 97.2 Å². The highest BCUT2D eigenvalue weighted by Crippen LogP contribution is 2.16. The van der Waals surface area contributed by atoms with E-state index in [4.69, 9.17) is 29.2 Å². The van der Waals surface area contributed by atoms with Gasteiger partial charge in [-0.3, -0.25) is 43.2 Å². The fourth-order valence-corrected chi connectivity index (χ4v) is 7.90. The zero-order chi connectivity index (χ0) is 60.9. The fourth-order valence-electron chi connectivity index (χ4n) is 7.90. The van der Waals surface area contributed by atoms with Gasteiger partial charge in [-0.15, -0.1) is 0 Å². The van der Waals surface area contributed by atoms with Crippen LogP contribution in [-0.2, 0) is 71.7 Å². The van der Waals surface area contributed by atoms with E-state index in [1.54, 1.807) is 6.92 Å². The molecule has 0 radical (unpaired) electrons. The third kappa shape index (κ3) is 51.3. The van der Waals surface area contributed by atoms with Crippen LogP contribution in [0, 0.1) is 11.8 Å². The molecule has 0 rings (SSSR count). The zero-order valence-electron chi connectivity index (χ0n) is 48.5. The van der Waals surface area contributed by atoms with Crippen LogP contribution in [-0.4, -0.2) is 182 Å². The summed E-state index contributed by atoms with van der Waals surface area (Å²) in [5, 5.41) is 58.9. The summed E-state index contributed by atoms with van der Waals surface area (Å²) >= 11 is 0. The zero-order valence-corrected chi connectivity index (χ0v) is 48.5. The Balaban J connectivity index is -0.0000205. The Labute approximate surface area is 485 Å². The van der Waals surface area contributed by atoms with Gasteiger partial charge in [0.2, 0.25) is 29.5 Å². The van der Waals surface area contributed by atoms with Crippen molar-refractivity contribution in [1.29, 1.82) is 0 Å². The summed E-state index contributed by atoms with van der Waals surface area (Å²) in [6.45, 7) is 5.69. The van der Waals surface area contributed by atoms with Gasteiger partial charge in [0.05, 0.1) is 45.6 Å². The number of aliphatic hydroxyl groups excluding tert-OH is 1. The van der Waals surface area contributed by atoms with E-state index in [0.717, 1.165) is 51.4 Å². The molecule has 0 fully saturated rings. The standard InChI is InChI=1S/C54H93N5O20.C2H6.CH4/c1-40(45(62)37-60)18-16-17-27-55-46(63)25-22-44(54(74)75)59-49(66)24-21-41(52(70)71)36-42(61)38-78-34-32-77-31-29-57-50(67)39-79-35-33-76-30-28-56-47(64)26-23-43(53(72)73)58-48(65)19-14-12-10-8-6-4-2-3-5-7-9-11-13-15-20-51(68)69;1-2;/h40-41,43-44,60H,2-39H2,1H3,(H,55,63)(H,56,64)(H,57,67)(H,58,65)(H,59,66)(H,68,69)(H,70,71)(H,72,73)(H,74,75);1-2H3;1H4/t40-,41+,43-,44-;;/m0../s1. The second-order valence-electron chi connectivity index (χ2n) is 19.6. The molecule has 0 spiro atoms. The summed E-state index contributed by atoms with van der Waals surface area (Å²) in [4.78, 5) is 131. The predicted octanol–water partition coefficient (Wildman–Crippen LogP) is 4.90. The number of ketones is 2. The number of carbonyl (C=O) groups is 11. The molecule has 0 aromatic rings. The molecule has 0 aliphatic heterocycles. The third-order valence-corrected chi connectivity index (χ3v) is 12.6. The summed E-state index contributed by atoms with van der Waals surface area (Å²) in [6.07, 6.45) is 15.4. The summed E-state index contributed by atoms with van der Waals surface area (Å²) in [5.74, 6) is -9.32. The third-order valence-electron chi connectivity index (χ3n) is 12.6.